The molecule has 2 bridgehead atoms. The van der Waals surface area contributed by atoms with Gasteiger partial charge in [-0.05, 0) is 45.7 Å². The van der Waals surface area contributed by atoms with Gasteiger partial charge in [-0.2, -0.15) is 4.39 Å². The maximum absolute atomic E-state index is 12.9. The van der Waals surface area contributed by atoms with Gasteiger partial charge in [0.1, 0.15) is 5.60 Å². The largest absolute Gasteiger partial charge is 0.444 e. The molecule has 0 spiro atoms. The minimum absolute atomic E-state index is 0.0396. The molecule has 2 amide bonds. The zero-order valence-corrected chi connectivity index (χ0v) is 14.2. The van der Waals surface area contributed by atoms with Gasteiger partial charge < -0.3 is 14.5 Å². The highest BCUT2D eigenvalue weighted by Gasteiger charge is 2.44. The third-order valence-corrected chi connectivity index (χ3v) is 4.39. The molecular formula is C17H22FN3O3. The lowest BCUT2D eigenvalue weighted by Crippen LogP contribution is -2.65. The number of pyridine rings is 1. The lowest BCUT2D eigenvalue weighted by atomic mass is 9.90. The highest BCUT2D eigenvalue weighted by molar-refractivity contribution is 5.94. The van der Waals surface area contributed by atoms with Gasteiger partial charge in [-0.3, -0.25) is 4.79 Å². The van der Waals surface area contributed by atoms with Crippen LogP contribution >= 0.6 is 0 Å². The van der Waals surface area contributed by atoms with Crippen LogP contribution in [0.4, 0.5) is 9.18 Å². The Morgan fingerprint density at radius 1 is 1.17 bits per heavy atom. The van der Waals surface area contributed by atoms with E-state index < -0.39 is 11.5 Å². The summed E-state index contributed by atoms with van der Waals surface area (Å²) in [4.78, 5) is 32.0. The lowest BCUT2D eigenvalue weighted by molar-refractivity contribution is -0.0341. The molecule has 7 heteroatoms. The summed E-state index contributed by atoms with van der Waals surface area (Å²) in [6.07, 6.45) is 2.64. The molecule has 0 N–H and O–H groups in total. The number of amides is 2. The van der Waals surface area contributed by atoms with E-state index in [0.29, 0.717) is 18.7 Å². The van der Waals surface area contributed by atoms with Crippen LogP contribution in [0.1, 0.15) is 44.0 Å². The fraction of sp³-hybridized carbons (Fsp3) is 0.588. The quantitative estimate of drug-likeness (QED) is 0.740. The first-order valence-electron chi connectivity index (χ1n) is 8.17. The van der Waals surface area contributed by atoms with E-state index in [1.54, 1.807) is 9.80 Å². The monoisotopic (exact) mass is 335 g/mol. The average Bonchev–Trinajstić information content (AvgIpc) is 2.53. The Balaban J connectivity index is 1.70. The molecule has 0 aliphatic carbocycles. The van der Waals surface area contributed by atoms with Crippen LogP contribution in [0.3, 0.4) is 0 Å². The molecule has 130 valence electrons. The molecule has 0 saturated carbocycles. The van der Waals surface area contributed by atoms with E-state index in [1.807, 2.05) is 20.8 Å². The smallest absolute Gasteiger partial charge is 0.410 e. The summed E-state index contributed by atoms with van der Waals surface area (Å²) >= 11 is 0. The first-order chi connectivity index (χ1) is 11.2. The first-order valence-corrected chi connectivity index (χ1v) is 8.17. The fourth-order valence-corrected chi connectivity index (χ4v) is 3.29. The van der Waals surface area contributed by atoms with E-state index in [9.17, 15) is 14.0 Å². The number of ether oxygens (including phenoxy) is 1. The predicted molar refractivity (Wildman–Crippen MR) is 85.0 cm³/mol. The molecule has 6 nitrogen and oxygen atoms in total. The molecule has 4 rings (SSSR count). The minimum Gasteiger partial charge on any atom is -0.444 e. The Hall–Kier alpha value is -2.18. The third-order valence-electron chi connectivity index (χ3n) is 4.39. The molecule has 0 radical (unpaired) electrons. The van der Waals surface area contributed by atoms with Gasteiger partial charge in [-0.1, -0.05) is 0 Å². The van der Waals surface area contributed by atoms with Gasteiger partial charge in [-0.15, -0.1) is 0 Å². The second kappa shape index (κ2) is 6.03. The van der Waals surface area contributed by atoms with E-state index in [2.05, 4.69) is 4.98 Å². The van der Waals surface area contributed by atoms with Crippen molar-refractivity contribution < 1.29 is 18.7 Å². The number of piperidine rings is 2. The molecule has 24 heavy (non-hydrogen) atoms. The zero-order valence-electron chi connectivity index (χ0n) is 14.2. The van der Waals surface area contributed by atoms with Crippen molar-refractivity contribution in [2.24, 2.45) is 0 Å². The maximum atomic E-state index is 12.9. The summed E-state index contributed by atoms with van der Waals surface area (Å²) in [6.45, 7) is 6.46. The zero-order chi connectivity index (χ0) is 17.5. The summed E-state index contributed by atoms with van der Waals surface area (Å²) in [7, 11) is 0. The summed E-state index contributed by atoms with van der Waals surface area (Å²) < 4.78 is 18.4. The number of hydrogen-bond acceptors (Lipinski definition) is 4. The SMILES string of the molecule is CC(C)(C)OC(=O)N1C[C@H]2CC[C@H]1CN2C(=O)c1ccc(F)nc1. The molecule has 3 aliphatic rings. The summed E-state index contributed by atoms with van der Waals surface area (Å²) in [5.74, 6) is -0.774. The molecule has 1 aromatic heterocycles. The minimum atomic E-state index is -0.609. The van der Waals surface area contributed by atoms with E-state index in [4.69, 9.17) is 4.74 Å². The van der Waals surface area contributed by atoms with Gasteiger partial charge >= 0.3 is 6.09 Å². The number of nitrogens with zero attached hydrogens (tertiary/aromatic N) is 3. The Morgan fingerprint density at radius 3 is 2.29 bits per heavy atom. The third kappa shape index (κ3) is 3.34. The van der Waals surface area contributed by atoms with Gasteiger partial charge in [0, 0.05) is 25.3 Å². The highest BCUT2D eigenvalue weighted by Crippen LogP contribution is 2.31. The normalized spacial score (nSPS) is 23.3. The molecule has 0 unspecified atom stereocenters. The van der Waals surface area contributed by atoms with Crippen LogP contribution in [0.15, 0.2) is 18.3 Å². The molecule has 3 aliphatic heterocycles. The molecule has 0 aromatic carbocycles. The molecule has 4 heterocycles. The number of rotatable bonds is 1. The van der Waals surface area contributed by atoms with Crippen molar-refractivity contribution in [1.29, 1.82) is 0 Å². The summed E-state index contributed by atoms with van der Waals surface area (Å²) in [5, 5.41) is 0. The van der Waals surface area contributed by atoms with Crippen molar-refractivity contribution in [3.8, 4) is 0 Å². The van der Waals surface area contributed by atoms with Crippen LogP contribution in [-0.2, 0) is 4.74 Å². The molecule has 2 atom stereocenters. The first kappa shape index (κ1) is 16.7. The predicted octanol–water partition coefficient (Wildman–Crippen LogP) is 2.44. The number of carbonyl (C=O) groups is 2. The highest BCUT2D eigenvalue weighted by atomic mass is 19.1. The Kier molecular flexibility index (Phi) is 4.19. The number of halogens is 1. The van der Waals surface area contributed by atoms with Crippen LogP contribution in [0.25, 0.3) is 0 Å². The van der Waals surface area contributed by atoms with Gasteiger partial charge in [0.05, 0.1) is 11.6 Å². The average molecular weight is 335 g/mol. The molecule has 3 fully saturated rings. The van der Waals surface area contributed by atoms with E-state index in [1.165, 1.54) is 18.3 Å². The number of piperazine rings is 1. The van der Waals surface area contributed by atoms with Crippen molar-refractivity contribution in [2.45, 2.75) is 51.3 Å². The Bertz CT molecular complexity index is 641. The number of fused-ring (bicyclic) bond motifs is 3. The lowest BCUT2D eigenvalue weighted by Gasteiger charge is -2.51. The van der Waals surface area contributed by atoms with Crippen LogP contribution in [-0.4, -0.2) is 57.6 Å². The van der Waals surface area contributed by atoms with Crippen molar-refractivity contribution in [3.05, 3.63) is 29.8 Å². The standard InChI is InChI=1S/C17H22FN3O3/c1-17(2,3)24-16(23)21-10-12-5-6-13(21)9-20(12)15(22)11-4-7-14(18)19-8-11/h4,7-8,12-13H,5-6,9-10H2,1-3H3/t12-,13+/m1/s1. The van der Waals surface area contributed by atoms with Crippen LogP contribution in [0.5, 0.6) is 0 Å². The van der Waals surface area contributed by atoms with E-state index in [0.717, 1.165) is 12.8 Å². The molecule has 1 aromatic rings. The number of carbonyl (C=O) groups excluding carboxylic acids is 2. The fourth-order valence-electron chi connectivity index (χ4n) is 3.29. The summed E-state index contributed by atoms with van der Waals surface area (Å²) in [6, 6.07) is 2.54. The van der Waals surface area contributed by atoms with Crippen LogP contribution in [0, 0.1) is 5.95 Å². The van der Waals surface area contributed by atoms with Crippen molar-refractivity contribution in [1.82, 2.24) is 14.8 Å². The van der Waals surface area contributed by atoms with Crippen LogP contribution in [0.2, 0.25) is 0 Å². The van der Waals surface area contributed by atoms with Crippen molar-refractivity contribution >= 4 is 12.0 Å². The number of hydrogen-bond donors (Lipinski definition) is 0. The second-order valence-corrected chi connectivity index (χ2v) is 7.34. The van der Waals surface area contributed by atoms with Crippen LogP contribution < -0.4 is 0 Å². The Labute approximate surface area is 140 Å². The topological polar surface area (TPSA) is 62.7 Å². The number of aromatic nitrogens is 1. The van der Waals surface area contributed by atoms with E-state index >= 15 is 0 Å². The van der Waals surface area contributed by atoms with Gasteiger partial charge in [-0.25, -0.2) is 9.78 Å². The summed E-state index contributed by atoms with van der Waals surface area (Å²) in [5.41, 5.74) is -0.170. The Morgan fingerprint density at radius 2 is 1.79 bits per heavy atom. The molecule has 3 saturated heterocycles. The van der Waals surface area contributed by atoms with Gasteiger partial charge in [0.25, 0.3) is 5.91 Å². The van der Waals surface area contributed by atoms with E-state index in [-0.39, 0.29) is 24.1 Å². The van der Waals surface area contributed by atoms with Gasteiger partial charge in [0.2, 0.25) is 5.95 Å². The van der Waals surface area contributed by atoms with Crippen molar-refractivity contribution in [2.75, 3.05) is 13.1 Å². The van der Waals surface area contributed by atoms with Gasteiger partial charge in [0.15, 0.2) is 0 Å². The molecular weight excluding hydrogens is 313 g/mol. The maximum Gasteiger partial charge on any atom is 0.410 e. The second-order valence-electron chi connectivity index (χ2n) is 7.34. The van der Waals surface area contributed by atoms with Crippen molar-refractivity contribution in [3.63, 3.8) is 0 Å².